The maximum atomic E-state index is 12.9. The van der Waals surface area contributed by atoms with Crippen molar-refractivity contribution in [2.24, 2.45) is 5.92 Å². The molecule has 0 fully saturated rings. The number of hydrogen-bond donors (Lipinski definition) is 2. The number of hydrogen-bond acceptors (Lipinski definition) is 8. The first-order valence-corrected chi connectivity index (χ1v) is 12.3. The molecule has 1 aromatic heterocycles. The molecule has 36 heavy (non-hydrogen) atoms. The molecule has 0 saturated heterocycles. The molecule has 2 N–H and O–H groups in total. The fourth-order valence-electron chi connectivity index (χ4n) is 3.48. The Labute approximate surface area is 212 Å². The molecule has 2 aromatic carbocycles. The molecule has 190 valence electrons. The van der Waals surface area contributed by atoms with Gasteiger partial charge in [0.25, 0.3) is 11.6 Å². The van der Waals surface area contributed by atoms with E-state index in [0.717, 1.165) is 0 Å². The smallest absolute Gasteiger partial charge is 0.270 e. The number of non-ortho nitro benzene ring substituents is 1. The van der Waals surface area contributed by atoms with E-state index in [2.05, 4.69) is 20.8 Å². The highest BCUT2D eigenvalue weighted by atomic mass is 32.2. The van der Waals surface area contributed by atoms with Crippen LogP contribution in [0.2, 0.25) is 0 Å². The van der Waals surface area contributed by atoms with Crippen LogP contribution in [-0.4, -0.2) is 44.4 Å². The number of nitrogens with one attached hydrogen (secondary N) is 2. The minimum absolute atomic E-state index is 0.0450. The third-order valence-electron chi connectivity index (χ3n) is 5.30. The van der Waals surface area contributed by atoms with Gasteiger partial charge in [0.2, 0.25) is 5.91 Å². The summed E-state index contributed by atoms with van der Waals surface area (Å²) in [6.07, 6.45) is 0. The van der Waals surface area contributed by atoms with Crippen LogP contribution in [0.5, 0.6) is 5.75 Å². The highest BCUT2D eigenvalue weighted by Gasteiger charge is 2.26. The molecule has 0 aliphatic heterocycles. The highest BCUT2D eigenvalue weighted by Crippen LogP contribution is 2.26. The standard InChI is InChI=1S/C24H28N6O5S/c1-5-29-22(21(15(2)3)26-23(32)16-8-6-10-18(12-16)30(33)34)27-28-24(29)36-14-20(31)25-17-9-7-11-19(13-17)35-4/h6-13,15,21H,5,14H2,1-4H3,(H,25,31)(H,26,32)/t21-/m0/s1. The largest absolute Gasteiger partial charge is 0.497 e. The molecule has 0 aliphatic carbocycles. The van der Waals surface area contributed by atoms with Gasteiger partial charge in [0, 0.05) is 36.0 Å². The number of methoxy groups -OCH3 is 1. The normalized spacial score (nSPS) is 11.7. The Morgan fingerprint density at radius 3 is 2.58 bits per heavy atom. The van der Waals surface area contributed by atoms with Gasteiger partial charge in [0.1, 0.15) is 5.75 Å². The summed E-state index contributed by atoms with van der Waals surface area (Å²) in [5.74, 6) is 0.595. The summed E-state index contributed by atoms with van der Waals surface area (Å²) in [6.45, 7) is 6.31. The van der Waals surface area contributed by atoms with E-state index in [1.807, 2.05) is 25.3 Å². The number of carbonyl (C=O) groups is 2. The predicted molar refractivity (Wildman–Crippen MR) is 136 cm³/mol. The summed E-state index contributed by atoms with van der Waals surface area (Å²) in [5.41, 5.74) is 0.647. The van der Waals surface area contributed by atoms with Gasteiger partial charge in [0.05, 0.1) is 23.8 Å². The van der Waals surface area contributed by atoms with Crippen molar-refractivity contribution in [3.63, 3.8) is 0 Å². The van der Waals surface area contributed by atoms with Gasteiger partial charge >= 0.3 is 0 Å². The number of amides is 2. The second-order valence-corrected chi connectivity index (χ2v) is 9.10. The van der Waals surface area contributed by atoms with Crippen LogP contribution >= 0.6 is 11.8 Å². The number of thioether (sulfide) groups is 1. The molecule has 2 amide bonds. The van der Waals surface area contributed by atoms with Gasteiger partial charge in [0.15, 0.2) is 11.0 Å². The lowest BCUT2D eigenvalue weighted by Crippen LogP contribution is -2.33. The van der Waals surface area contributed by atoms with E-state index in [9.17, 15) is 19.7 Å². The van der Waals surface area contributed by atoms with Crippen LogP contribution in [0, 0.1) is 16.0 Å². The van der Waals surface area contributed by atoms with Crippen molar-refractivity contribution >= 4 is 35.0 Å². The number of aromatic nitrogens is 3. The van der Waals surface area contributed by atoms with Crippen LogP contribution in [0.1, 0.15) is 43.0 Å². The minimum Gasteiger partial charge on any atom is -0.497 e. The maximum Gasteiger partial charge on any atom is 0.270 e. The third-order valence-corrected chi connectivity index (χ3v) is 6.26. The molecule has 11 nitrogen and oxygen atoms in total. The molecule has 12 heteroatoms. The van der Waals surface area contributed by atoms with Gasteiger partial charge < -0.3 is 19.9 Å². The van der Waals surface area contributed by atoms with Crippen LogP contribution < -0.4 is 15.4 Å². The van der Waals surface area contributed by atoms with Gasteiger partial charge in [-0.25, -0.2) is 0 Å². The molecule has 3 rings (SSSR count). The highest BCUT2D eigenvalue weighted by molar-refractivity contribution is 7.99. The molecule has 3 aromatic rings. The van der Waals surface area contributed by atoms with Gasteiger partial charge in [-0.1, -0.05) is 37.7 Å². The first-order chi connectivity index (χ1) is 17.2. The van der Waals surface area contributed by atoms with E-state index in [0.29, 0.717) is 29.0 Å². The molecule has 0 unspecified atom stereocenters. The lowest BCUT2D eigenvalue weighted by Gasteiger charge is -2.22. The second kappa shape index (κ2) is 12.2. The average Bonchev–Trinajstić information content (AvgIpc) is 3.28. The van der Waals surface area contributed by atoms with E-state index in [-0.39, 0.29) is 28.8 Å². The minimum atomic E-state index is -0.543. The Kier molecular flexibility index (Phi) is 9.01. The van der Waals surface area contributed by atoms with Gasteiger partial charge in [-0.05, 0) is 31.0 Å². The number of benzene rings is 2. The van der Waals surface area contributed by atoms with Crippen molar-refractivity contribution in [1.82, 2.24) is 20.1 Å². The number of ether oxygens (including phenoxy) is 1. The van der Waals surface area contributed by atoms with Crippen LogP contribution in [0.3, 0.4) is 0 Å². The molecule has 0 saturated carbocycles. The lowest BCUT2D eigenvalue weighted by atomic mass is 10.0. The van der Waals surface area contributed by atoms with E-state index in [4.69, 9.17) is 4.74 Å². The Bertz CT molecular complexity index is 1250. The summed E-state index contributed by atoms with van der Waals surface area (Å²) in [5, 5.41) is 25.9. The first kappa shape index (κ1) is 26.7. The van der Waals surface area contributed by atoms with Crippen LogP contribution in [0.25, 0.3) is 0 Å². The fourth-order valence-corrected chi connectivity index (χ4v) is 4.29. The molecule has 1 atom stereocenters. The molecule has 0 aliphatic rings. The Hall–Kier alpha value is -3.93. The monoisotopic (exact) mass is 512 g/mol. The van der Waals surface area contributed by atoms with E-state index >= 15 is 0 Å². The molecular formula is C24H28N6O5S. The van der Waals surface area contributed by atoms with Crippen molar-refractivity contribution < 1.29 is 19.2 Å². The van der Waals surface area contributed by atoms with Crippen molar-refractivity contribution in [3.8, 4) is 5.75 Å². The maximum absolute atomic E-state index is 12.9. The topological polar surface area (TPSA) is 141 Å². The van der Waals surface area contributed by atoms with Crippen molar-refractivity contribution in [1.29, 1.82) is 0 Å². The Morgan fingerprint density at radius 2 is 1.92 bits per heavy atom. The number of nitrogens with zero attached hydrogens (tertiary/aromatic N) is 4. The quantitative estimate of drug-likeness (QED) is 0.222. The summed E-state index contributed by atoms with van der Waals surface area (Å²) < 4.78 is 7.02. The Balaban J connectivity index is 1.72. The van der Waals surface area contributed by atoms with Gasteiger partial charge in [-0.3, -0.25) is 19.7 Å². The molecule has 0 radical (unpaired) electrons. The van der Waals surface area contributed by atoms with Crippen molar-refractivity contribution in [3.05, 3.63) is 70.0 Å². The number of anilines is 1. The fraction of sp³-hybridized carbons (Fsp3) is 0.333. The molecule has 0 spiro atoms. The van der Waals surface area contributed by atoms with Crippen molar-refractivity contribution in [2.45, 2.75) is 38.5 Å². The van der Waals surface area contributed by atoms with E-state index in [1.54, 1.807) is 31.4 Å². The van der Waals surface area contributed by atoms with Gasteiger partial charge in [-0.15, -0.1) is 10.2 Å². The van der Waals surface area contributed by atoms with E-state index in [1.165, 1.54) is 36.0 Å². The van der Waals surface area contributed by atoms with E-state index < -0.39 is 16.9 Å². The number of carbonyl (C=O) groups excluding carboxylic acids is 2. The third kappa shape index (κ3) is 6.60. The second-order valence-electron chi connectivity index (χ2n) is 8.16. The lowest BCUT2D eigenvalue weighted by molar-refractivity contribution is -0.384. The zero-order valence-corrected chi connectivity index (χ0v) is 21.2. The van der Waals surface area contributed by atoms with Crippen LogP contribution in [0.4, 0.5) is 11.4 Å². The van der Waals surface area contributed by atoms with Crippen molar-refractivity contribution in [2.75, 3.05) is 18.2 Å². The molecule has 1 heterocycles. The summed E-state index contributed by atoms with van der Waals surface area (Å²) in [7, 11) is 1.56. The Morgan fingerprint density at radius 1 is 1.17 bits per heavy atom. The van der Waals surface area contributed by atoms with Crippen LogP contribution in [0.15, 0.2) is 53.7 Å². The summed E-state index contributed by atoms with van der Waals surface area (Å²) in [4.78, 5) is 35.9. The average molecular weight is 513 g/mol. The number of nitro benzene ring substituents is 1. The van der Waals surface area contributed by atoms with Crippen LogP contribution in [-0.2, 0) is 11.3 Å². The molecule has 0 bridgehead atoms. The summed E-state index contributed by atoms with van der Waals surface area (Å²) in [6, 6.07) is 12.1. The SMILES string of the molecule is CCn1c(SCC(=O)Nc2cccc(OC)c2)nnc1[C@@H](NC(=O)c1cccc([N+](=O)[O-])c1)C(C)C. The zero-order valence-electron chi connectivity index (χ0n) is 20.4. The first-order valence-electron chi connectivity index (χ1n) is 11.3. The number of rotatable bonds is 11. The number of nitro groups is 1. The predicted octanol–water partition coefficient (Wildman–Crippen LogP) is 4.07. The van der Waals surface area contributed by atoms with Gasteiger partial charge in [-0.2, -0.15) is 0 Å². The zero-order chi connectivity index (χ0) is 26.2. The summed E-state index contributed by atoms with van der Waals surface area (Å²) >= 11 is 1.24. The molecular weight excluding hydrogens is 484 g/mol.